The molecule has 0 bridgehead atoms. The van der Waals surface area contributed by atoms with Gasteiger partial charge < -0.3 is 10.3 Å². The Kier molecular flexibility index (Phi) is 2.72. The molecule has 0 aliphatic carbocycles. The van der Waals surface area contributed by atoms with E-state index in [9.17, 15) is 4.39 Å². The average molecular weight is 282 g/mol. The number of fused-ring (bicyclic) bond motifs is 1. The Balaban J connectivity index is 2.03. The smallest absolute Gasteiger partial charge is 0.205 e. The second-order valence-electron chi connectivity index (χ2n) is 3.91. The summed E-state index contributed by atoms with van der Waals surface area (Å²) in [4.78, 5) is 7.19. The predicted molar refractivity (Wildman–Crippen MR) is 73.4 cm³/mol. The number of halogens is 2. The Morgan fingerprint density at radius 1 is 1.44 bits per heavy atom. The fourth-order valence-electron chi connectivity index (χ4n) is 1.74. The van der Waals surface area contributed by atoms with Gasteiger partial charge in [-0.1, -0.05) is 17.7 Å². The standard InChI is InChI=1S/C12H9ClFN3S/c1-6-5-18-11(13)9(6)16-12-15-8-4-2-3-7(14)10(8)17-12/h2-5H,1H3,(H2,15,16,17). The SMILES string of the molecule is Cc1csc(Cl)c1Nc1nc2c(F)cccc2[nH]1. The normalized spacial score (nSPS) is 11.1. The molecule has 1 aromatic carbocycles. The molecule has 3 aromatic rings. The van der Waals surface area contributed by atoms with Gasteiger partial charge in [-0.3, -0.25) is 0 Å². The van der Waals surface area contributed by atoms with E-state index < -0.39 is 0 Å². The van der Waals surface area contributed by atoms with E-state index in [4.69, 9.17) is 11.6 Å². The number of aromatic amines is 1. The number of nitrogens with one attached hydrogen (secondary N) is 2. The molecule has 0 radical (unpaired) electrons. The summed E-state index contributed by atoms with van der Waals surface area (Å²) in [5.74, 6) is 0.142. The summed E-state index contributed by atoms with van der Waals surface area (Å²) >= 11 is 7.51. The number of aryl methyl sites for hydroxylation is 1. The molecule has 0 spiro atoms. The van der Waals surface area contributed by atoms with Gasteiger partial charge in [0.1, 0.15) is 9.85 Å². The largest absolute Gasteiger partial charge is 0.324 e. The number of H-pyrrole nitrogens is 1. The summed E-state index contributed by atoms with van der Waals surface area (Å²) in [6.45, 7) is 1.95. The number of nitrogens with zero attached hydrogens (tertiary/aromatic N) is 1. The van der Waals surface area contributed by atoms with Crippen molar-refractivity contribution in [3.63, 3.8) is 0 Å². The zero-order chi connectivity index (χ0) is 12.7. The van der Waals surface area contributed by atoms with Crippen LogP contribution in [0.1, 0.15) is 5.56 Å². The first-order valence-electron chi connectivity index (χ1n) is 5.30. The van der Waals surface area contributed by atoms with Gasteiger partial charge in [0.25, 0.3) is 0 Å². The van der Waals surface area contributed by atoms with Crippen molar-refractivity contribution in [2.75, 3.05) is 5.32 Å². The zero-order valence-electron chi connectivity index (χ0n) is 9.42. The molecule has 6 heteroatoms. The van der Waals surface area contributed by atoms with Crippen LogP contribution in [0.2, 0.25) is 4.34 Å². The highest BCUT2D eigenvalue weighted by Gasteiger charge is 2.11. The van der Waals surface area contributed by atoms with E-state index in [1.54, 1.807) is 12.1 Å². The van der Waals surface area contributed by atoms with Crippen molar-refractivity contribution in [3.8, 4) is 0 Å². The van der Waals surface area contributed by atoms with Gasteiger partial charge in [-0.2, -0.15) is 0 Å². The topological polar surface area (TPSA) is 40.7 Å². The van der Waals surface area contributed by atoms with Gasteiger partial charge in [-0.25, -0.2) is 9.37 Å². The summed E-state index contributed by atoms with van der Waals surface area (Å²) in [7, 11) is 0. The fraction of sp³-hybridized carbons (Fsp3) is 0.0833. The van der Waals surface area contributed by atoms with E-state index in [0.717, 1.165) is 11.3 Å². The number of imidazole rings is 1. The highest BCUT2D eigenvalue weighted by molar-refractivity contribution is 7.15. The second-order valence-corrected chi connectivity index (χ2v) is 5.40. The van der Waals surface area contributed by atoms with E-state index in [-0.39, 0.29) is 5.82 Å². The molecule has 92 valence electrons. The molecule has 0 saturated carbocycles. The molecule has 0 saturated heterocycles. The first kappa shape index (κ1) is 11.5. The van der Waals surface area contributed by atoms with E-state index in [0.29, 0.717) is 21.3 Å². The van der Waals surface area contributed by atoms with Gasteiger partial charge in [-0.15, -0.1) is 11.3 Å². The quantitative estimate of drug-likeness (QED) is 0.728. The van der Waals surface area contributed by atoms with Crippen molar-refractivity contribution in [3.05, 3.63) is 39.3 Å². The maximum atomic E-state index is 13.5. The van der Waals surface area contributed by atoms with Crippen LogP contribution in [0.3, 0.4) is 0 Å². The molecule has 0 atom stereocenters. The third-order valence-corrected chi connectivity index (χ3v) is 3.98. The number of anilines is 2. The van der Waals surface area contributed by atoms with Crippen LogP contribution >= 0.6 is 22.9 Å². The summed E-state index contributed by atoms with van der Waals surface area (Å²) in [5.41, 5.74) is 2.82. The maximum Gasteiger partial charge on any atom is 0.205 e. The molecule has 0 fully saturated rings. The number of para-hydroxylation sites is 1. The van der Waals surface area contributed by atoms with Crippen LogP contribution in [0, 0.1) is 12.7 Å². The van der Waals surface area contributed by atoms with Crippen LogP contribution in [0.15, 0.2) is 23.6 Å². The Morgan fingerprint density at radius 3 is 2.94 bits per heavy atom. The molecule has 3 nitrogen and oxygen atoms in total. The molecule has 0 aliphatic heterocycles. The Bertz CT molecular complexity index is 700. The minimum absolute atomic E-state index is 0.323. The van der Waals surface area contributed by atoms with Gasteiger partial charge in [0, 0.05) is 0 Å². The van der Waals surface area contributed by atoms with Gasteiger partial charge in [0.05, 0.1) is 11.2 Å². The lowest BCUT2D eigenvalue weighted by Gasteiger charge is -2.01. The number of hydrogen-bond donors (Lipinski definition) is 2. The van der Waals surface area contributed by atoms with Gasteiger partial charge in [0.15, 0.2) is 5.82 Å². The molecule has 3 rings (SSSR count). The van der Waals surface area contributed by atoms with Crippen LogP contribution in [0.25, 0.3) is 11.0 Å². The molecule has 0 amide bonds. The molecule has 2 aromatic heterocycles. The van der Waals surface area contributed by atoms with Gasteiger partial charge >= 0.3 is 0 Å². The van der Waals surface area contributed by atoms with E-state index in [1.807, 2.05) is 12.3 Å². The van der Waals surface area contributed by atoms with Crippen LogP contribution in [0.4, 0.5) is 16.0 Å². The molecule has 0 unspecified atom stereocenters. The summed E-state index contributed by atoms with van der Waals surface area (Å²) in [6.07, 6.45) is 0. The molecular formula is C12H9ClFN3S. The first-order valence-corrected chi connectivity index (χ1v) is 6.56. The van der Waals surface area contributed by atoms with Crippen molar-refractivity contribution in [2.24, 2.45) is 0 Å². The molecule has 2 N–H and O–H groups in total. The molecule has 18 heavy (non-hydrogen) atoms. The highest BCUT2D eigenvalue weighted by atomic mass is 35.5. The minimum atomic E-state index is -0.343. The third-order valence-electron chi connectivity index (χ3n) is 2.64. The summed E-state index contributed by atoms with van der Waals surface area (Å²) in [6, 6.07) is 4.80. The van der Waals surface area contributed by atoms with Crippen LogP contribution in [-0.2, 0) is 0 Å². The van der Waals surface area contributed by atoms with Crippen molar-refractivity contribution >= 4 is 45.6 Å². The number of thiophene rings is 1. The predicted octanol–water partition coefficient (Wildman–Crippen LogP) is 4.47. The van der Waals surface area contributed by atoms with Crippen molar-refractivity contribution < 1.29 is 4.39 Å². The molecular weight excluding hydrogens is 273 g/mol. The number of hydrogen-bond acceptors (Lipinski definition) is 3. The lowest BCUT2D eigenvalue weighted by atomic mass is 10.3. The highest BCUT2D eigenvalue weighted by Crippen LogP contribution is 2.34. The van der Waals surface area contributed by atoms with E-state index >= 15 is 0 Å². The summed E-state index contributed by atoms with van der Waals surface area (Å²) in [5, 5.41) is 5.03. The minimum Gasteiger partial charge on any atom is -0.324 e. The Labute approximate surface area is 112 Å². The fourth-order valence-corrected chi connectivity index (χ4v) is 2.79. The Hall–Kier alpha value is -1.59. The summed E-state index contributed by atoms with van der Waals surface area (Å²) < 4.78 is 14.2. The van der Waals surface area contributed by atoms with Crippen molar-refractivity contribution in [1.29, 1.82) is 0 Å². The van der Waals surface area contributed by atoms with Crippen LogP contribution < -0.4 is 5.32 Å². The van der Waals surface area contributed by atoms with Crippen molar-refractivity contribution in [2.45, 2.75) is 6.92 Å². The van der Waals surface area contributed by atoms with Crippen molar-refractivity contribution in [1.82, 2.24) is 9.97 Å². The van der Waals surface area contributed by atoms with E-state index in [1.165, 1.54) is 17.4 Å². The third kappa shape index (κ3) is 1.85. The van der Waals surface area contributed by atoms with Gasteiger partial charge in [-0.05, 0) is 30.0 Å². The monoisotopic (exact) mass is 281 g/mol. The average Bonchev–Trinajstić information content (AvgIpc) is 2.89. The number of rotatable bonds is 2. The second kappa shape index (κ2) is 4.26. The molecule has 0 aliphatic rings. The van der Waals surface area contributed by atoms with Crippen LogP contribution in [-0.4, -0.2) is 9.97 Å². The van der Waals surface area contributed by atoms with Crippen LogP contribution in [0.5, 0.6) is 0 Å². The van der Waals surface area contributed by atoms with E-state index in [2.05, 4.69) is 15.3 Å². The first-order chi connectivity index (χ1) is 8.65. The lowest BCUT2D eigenvalue weighted by molar-refractivity contribution is 0.637. The number of aromatic nitrogens is 2. The Morgan fingerprint density at radius 2 is 2.28 bits per heavy atom. The number of benzene rings is 1. The zero-order valence-corrected chi connectivity index (χ0v) is 11.0. The molecule has 2 heterocycles. The lowest BCUT2D eigenvalue weighted by Crippen LogP contribution is -1.92. The maximum absolute atomic E-state index is 13.5. The van der Waals surface area contributed by atoms with Gasteiger partial charge in [0.2, 0.25) is 5.95 Å².